The molecule has 4 bridgehead atoms. The van der Waals surface area contributed by atoms with Gasteiger partial charge in [0.15, 0.2) is 5.96 Å². The molecule has 0 aromatic rings. The Balaban J connectivity index is 1.33. The van der Waals surface area contributed by atoms with E-state index in [4.69, 9.17) is 14.5 Å². The Bertz CT molecular complexity index is 486. The molecule has 1 saturated heterocycles. The quantitative estimate of drug-likeness (QED) is 0.401. The number of hydrogen-bond donors (Lipinski definition) is 1. The van der Waals surface area contributed by atoms with Crippen LogP contribution in [0.5, 0.6) is 0 Å². The lowest BCUT2D eigenvalue weighted by Gasteiger charge is -2.56. The molecular weight excluding hydrogens is 338 g/mol. The van der Waals surface area contributed by atoms with Gasteiger partial charge in [0.25, 0.3) is 0 Å². The van der Waals surface area contributed by atoms with Crippen molar-refractivity contribution in [3.63, 3.8) is 0 Å². The Hall–Kier alpha value is -0.810. The van der Waals surface area contributed by atoms with E-state index in [9.17, 15) is 0 Å². The largest absolute Gasteiger partial charge is 0.382 e. The first-order valence-electron chi connectivity index (χ1n) is 11.3. The fourth-order valence-electron chi connectivity index (χ4n) is 6.71. The molecule has 5 heteroatoms. The van der Waals surface area contributed by atoms with Gasteiger partial charge >= 0.3 is 0 Å². The average molecular weight is 378 g/mol. The average Bonchev–Trinajstić information content (AvgIpc) is 3.10. The minimum absolute atomic E-state index is 0.526. The smallest absolute Gasteiger partial charge is 0.193 e. The molecule has 5 fully saturated rings. The van der Waals surface area contributed by atoms with Crippen molar-refractivity contribution in [1.82, 2.24) is 10.2 Å². The van der Waals surface area contributed by atoms with E-state index in [-0.39, 0.29) is 0 Å². The van der Waals surface area contributed by atoms with E-state index >= 15 is 0 Å². The number of methoxy groups -OCH3 is 1. The fraction of sp³-hybridized carbons (Fsp3) is 0.955. The van der Waals surface area contributed by atoms with Crippen LogP contribution in [0.4, 0.5) is 0 Å². The van der Waals surface area contributed by atoms with Gasteiger partial charge in [-0.15, -0.1) is 0 Å². The lowest BCUT2D eigenvalue weighted by Crippen LogP contribution is -2.48. The van der Waals surface area contributed by atoms with Crippen molar-refractivity contribution in [2.75, 3.05) is 53.1 Å². The van der Waals surface area contributed by atoms with Gasteiger partial charge < -0.3 is 19.7 Å². The highest BCUT2D eigenvalue weighted by molar-refractivity contribution is 5.80. The molecular formula is C22H39N3O2. The van der Waals surface area contributed by atoms with Crippen LogP contribution in [-0.4, -0.2) is 64.0 Å². The Morgan fingerprint density at radius 3 is 2.44 bits per heavy atom. The topological polar surface area (TPSA) is 46.1 Å². The predicted octanol–water partition coefficient (Wildman–Crippen LogP) is 3.15. The molecule has 4 aliphatic carbocycles. The van der Waals surface area contributed by atoms with Crippen LogP contribution >= 0.6 is 0 Å². The summed E-state index contributed by atoms with van der Waals surface area (Å²) < 4.78 is 10.8. The van der Waals surface area contributed by atoms with E-state index in [0.29, 0.717) is 24.5 Å². The van der Waals surface area contributed by atoms with Gasteiger partial charge in [0.1, 0.15) is 0 Å². The van der Waals surface area contributed by atoms with Gasteiger partial charge in [-0.2, -0.15) is 0 Å². The minimum Gasteiger partial charge on any atom is -0.382 e. The van der Waals surface area contributed by atoms with Crippen molar-refractivity contribution in [2.24, 2.45) is 34.1 Å². The maximum Gasteiger partial charge on any atom is 0.193 e. The second kappa shape index (κ2) is 8.69. The molecule has 27 heavy (non-hydrogen) atoms. The summed E-state index contributed by atoms with van der Waals surface area (Å²) >= 11 is 0. The summed E-state index contributed by atoms with van der Waals surface area (Å²) in [4.78, 5) is 7.67. The van der Waals surface area contributed by atoms with Crippen molar-refractivity contribution in [1.29, 1.82) is 0 Å². The van der Waals surface area contributed by atoms with Gasteiger partial charge in [-0.25, -0.2) is 0 Å². The predicted molar refractivity (Wildman–Crippen MR) is 109 cm³/mol. The molecule has 1 N–H and O–H groups in total. The summed E-state index contributed by atoms with van der Waals surface area (Å²) in [6.45, 7) is 8.58. The van der Waals surface area contributed by atoms with Gasteiger partial charge in [0, 0.05) is 39.2 Å². The van der Waals surface area contributed by atoms with Gasteiger partial charge in [-0.1, -0.05) is 0 Å². The highest BCUT2D eigenvalue weighted by Gasteiger charge is 2.50. The van der Waals surface area contributed by atoms with Crippen LogP contribution in [0.2, 0.25) is 0 Å². The van der Waals surface area contributed by atoms with Crippen molar-refractivity contribution in [3.05, 3.63) is 0 Å². The van der Waals surface area contributed by atoms with Crippen LogP contribution in [-0.2, 0) is 9.47 Å². The molecule has 0 aromatic carbocycles. The highest BCUT2D eigenvalue weighted by Crippen LogP contribution is 2.60. The van der Waals surface area contributed by atoms with Gasteiger partial charge in [0.05, 0.1) is 19.8 Å². The molecule has 4 saturated carbocycles. The summed E-state index contributed by atoms with van der Waals surface area (Å²) in [5.74, 6) is 4.79. The van der Waals surface area contributed by atoms with Crippen LogP contribution in [0, 0.1) is 29.1 Å². The Kier molecular flexibility index (Phi) is 6.28. The summed E-state index contributed by atoms with van der Waals surface area (Å²) in [6, 6.07) is 0. The first-order chi connectivity index (χ1) is 13.2. The molecule has 0 radical (unpaired) electrons. The molecule has 5 aliphatic rings. The second-order valence-electron chi connectivity index (χ2n) is 9.76. The molecule has 1 atom stereocenters. The number of rotatable bonds is 8. The molecule has 0 aromatic heterocycles. The standard InChI is InChI=1S/C22H39N3O2/c1-3-23-21(25-5-4-17(14-25)15-27-7-6-26-2)24-16-22-11-18-8-19(12-22)10-20(9-18)13-22/h17-20H,3-16H2,1-2H3,(H,23,24). The zero-order valence-corrected chi connectivity index (χ0v) is 17.4. The van der Waals surface area contributed by atoms with Gasteiger partial charge in [0.2, 0.25) is 0 Å². The summed E-state index contributed by atoms with van der Waals surface area (Å²) in [5.41, 5.74) is 0.526. The Labute approximate surface area is 165 Å². The van der Waals surface area contributed by atoms with E-state index in [0.717, 1.165) is 56.5 Å². The van der Waals surface area contributed by atoms with Crippen molar-refractivity contribution >= 4 is 5.96 Å². The second-order valence-corrected chi connectivity index (χ2v) is 9.76. The molecule has 5 nitrogen and oxygen atoms in total. The molecule has 154 valence electrons. The zero-order valence-electron chi connectivity index (χ0n) is 17.4. The number of nitrogens with zero attached hydrogens (tertiary/aromatic N) is 2. The number of ether oxygens (including phenoxy) is 2. The Morgan fingerprint density at radius 2 is 1.81 bits per heavy atom. The van der Waals surface area contributed by atoms with Gasteiger partial charge in [-0.3, -0.25) is 4.99 Å². The molecule has 1 heterocycles. The molecule has 0 amide bonds. The lowest BCUT2D eigenvalue weighted by molar-refractivity contribution is -0.0466. The zero-order chi connectivity index (χ0) is 18.7. The summed E-state index contributed by atoms with van der Waals surface area (Å²) in [6.07, 6.45) is 10.1. The van der Waals surface area contributed by atoms with Gasteiger partial charge in [-0.05, 0) is 75.0 Å². The lowest BCUT2D eigenvalue weighted by atomic mass is 9.49. The van der Waals surface area contributed by atoms with E-state index in [1.54, 1.807) is 7.11 Å². The van der Waals surface area contributed by atoms with Crippen LogP contribution in [0.3, 0.4) is 0 Å². The monoisotopic (exact) mass is 377 g/mol. The number of aliphatic imine (C=N–C) groups is 1. The highest BCUT2D eigenvalue weighted by atomic mass is 16.5. The van der Waals surface area contributed by atoms with Crippen molar-refractivity contribution in [3.8, 4) is 0 Å². The van der Waals surface area contributed by atoms with Crippen molar-refractivity contribution < 1.29 is 9.47 Å². The Morgan fingerprint density at radius 1 is 1.11 bits per heavy atom. The third-order valence-electron chi connectivity index (χ3n) is 7.43. The van der Waals surface area contributed by atoms with Crippen molar-refractivity contribution in [2.45, 2.75) is 51.9 Å². The maximum atomic E-state index is 5.76. The first-order valence-corrected chi connectivity index (χ1v) is 11.3. The number of guanidine groups is 1. The van der Waals surface area contributed by atoms with E-state index in [1.165, 1.54) is 44.9 Å². The molecule has 1 aliphatic heterocycles. The summed E-state index contributed by atoms with van der Waals surface area (Å²) in [5, 5.41) is 3.57. The third kappa shape index (κ3) is 4.61. The SMILES string of the molecule is CCNC(=NCC12CC3CC(CC(C3)C1)C2)N1CCC(COCCOC)C1. The van der Waals surface area contributed by atoms with Crippen LogP contribution in [0.1, 0.15) is 51.9 Å². The molecule has 1 unspecified atom stereocenters. The normalized spacial score (nSPS) is 38.0. The van der Waals surface area contributed by atoms with Crippen LogP contribution in [0.25, 0.3) is 0 Å². The maximum absolute atomic E-state index is 5.76. The number of hydrogen-bond acceptors (Lipinski definition) is 3. The first kappa shape index (κ1) is 19.5. The van der Waals surface area contributed by atoms with Crippen LogP contribution < -0.4 is 5.32 Å². The third-order valence-corrected chi connectivity index (χ3v) is 7.43. The molecule has 0 spiro atoms. The van der Waals surface area contributed by atoms with E-state index in [1.807, 2.05) is 0 Å². The molecule has 5 rings (SSSR count). The van der Waals surface area contributed by atoms with E-state index in [2.05, 4.69) is 17.1 Å². The summed E-state index contributed by atoms with van der Waals surface area (Å²) in [7, 11) is 1.73. The fourth-order valence-corrected chi connectivity index (χ4v) is 6.71. The number of nitrogens with one attached hydrogen (secondary N) is 1. The minimum atomic E-state index is 0.526. The number of likely N-dealkylation sites (tertiary alicyclic amines) is 1. The van der Waals surface area contributed by atoms with E-state index < -0.39 is 0 Å². The van der Waals surface area contributed by atoms with Crippen LogP contribution in [0.15, 0.2) is 4.99 Å².